The zero-order valence-corrected chi connectivity index (χ0v) is 10.6. The lowest BCUT2D eigenvalue weighted by Crippen LogP contribution is -2.28. The van der Waals surface area contributed by atoms with Gasteiger partial charge in [-0.2, -0.15) is 5.10 Å². The molecule has 0 aliphatic rings. The summed E-state index contributed by atoms with van der Waals surface area (Å²) < 4.78 is 6.88. The number of aromatic nitrogens is 2. The molecular weight excluding hydrogens is 206 g/mol. The van der Waals surface area contributed by atoms with Gasteiger partial charge in [-0.15, -0.1) is 0 Å². The highest BCUT2D eigenvalue weighted by atomic mass is 16.5. The second-order valence-corrected chi connectivity index (χ2v) is 4.21. The topological polar surface area (TPSA) is 59.3 Å². The molecule has 0 saturated carbocycles. The van der Waals surface area contributed by atoms with E-state index >= 15 is 0 Å². The molecular formula is C11H21N3O2. The standard InChI is InChI=1S/C11H21N3O2/c1-7(2)12-6-9(15)10-8(3)13-14(4)11(10)16-5/h7,9,12,15H,6H2,1-5H3. The van der Waals surface area contributed by atoms with Crippen molar-refractivity contribution in [1.82, 2.24) is 15.1 Å². The molecule has 1 rings (SSSR count). The summed E-state index contributed by atoms with van der Waals surface area (Å²) in [7, 11) is 3.39. The van der Waals surface area contributed by atoms with Crippen LogP contribution < -0.4 is 10.1 Å². The van der Waals surface area contributed by atoms with Gasteiger partial charge in [0.1, 0.15) is 0 Å². The number of ether oxygens (including phenoxy) is 1. The minimum Gasteiger partial charge on any atom is -0.481 e. The molecule has 1 aromatic rings. The maximum atomic E-state index is 10.1. The molecule has 0 amide bonds. The van der Waals surface area contributed by atoms with Gasteiger partial charge in [-0.1, -0.05) is 13.8 Å². The molecule has 1 aromatic heterocycles. The van der Waals surface area contributed by atoms with Crippen molar-refractivity contribution < 1.29 is 9.84 Å². The first-order valence-corrected chi connectivity index (χ1v) is 5.46. The zero-order valence-electron chi connectivity index (χ0n) is 10.6. The summed E-state index contributed by atoms with van der Waals surface area (Å²) in [6, 6.07) is 0.345. The van der Waals surface area contributed by atoms with Crippen molar-refractivity contribution in [2.75, 3.05) is 13.7 Å². The van der Waals surface area contributed by atoms with Crippen molar-refractivity contribution in [2.45, 2.75) is 32.9 Å². The fourth-order valence-corrected chi connectivity index (χ4v) is 1.73. The molecule has 0 spiro atoms. The lowest BCUT2D eigenvalue weighted by Gasteiger charge is -2.15. The Bertz CT molecular complexity index is 347. The fraction of sp³-hybridized carbons (Fsp3) is 0.727. The first-order chi connectivity index (χ1) is 7.47. The Morgan fingerprint density at radius 3 is 2.62 bits per heavy atom. The fourth-order valence-electron chi connectivity index (χ4n) is 1.73. The maximum absolute atomic E-state index is 10.1. The largest absolute Gasteiger partial charge is 0.481 e. The van der Waals surface area contributed by atoms with E-state index in [-0.39, 0.29) is 0 Å². The van der Waals surface area contributed by atoms with Crippen LogP contribution in [-0.2, 0) is 7.05 Å². The zero-order chi connectivity index (χ0) is 12.3. The summed E-state index contributed by atoms with van der Waals surface area (Å²) in [6.45, 7) is 6.46. The Balaban J connectivity index is 2.85. The summed E-state index contributed by atoms with van der Waals surface area (Å²) in [6.07, 6.45) is -0.592. The molecule has 0 aromatic carbocycles. The van der Waals surface area contributed by atoms with Gasteiger partial charge in [0.25, 0.3) is 0 Å². The van der Waals surface area contributed by atoms with Crippen molar-refractivity contribution in [3.63, 3.8) is 0 Å². The lowest BCUT2D eigenvalue weighted by molar-refractivity contribution is 0.166. The van der Waals surface area contributed by atoms with Gasteiger partial charge < -0.3 is 15.2 Å². The first kappa shape index (κ1) is 13.0. The average Bonchev–Trinajstić information content (AvgIpc) is 2.49. The van der Waals surface area contributed by atoms with E-state index in [1.165, 1.54) is 0 Å². The molecule has 0 fully saturated rings. The van der Waals surface area contributed by atoms with E-state index in [0.717, 1.165) is 11.3 Å². The highest BCUT2D eigenvalue weighted by Crippen LogP contribution is 2.27. The van der Waals surface area contributed by atoms with E-state index in [2.05, 4.69) is 10.4 Å². The Hall–Kier alpha value is -1.07. The average molecular weight is 227 g/mol. The molecule has 0 bridgehead atoms. The monoisotopic (exact) mass is 227 g/mol. The molecule has 1 unspecified atom stereocenters. The van der Waals surface area contributed by atoms with Gasteiger partial charge in [-0.05, 0) is 6.92 Å². The number of hydrogen-bond acceptors (Lipinski definition) is 4. The van der Waals surface area contributed by atoms with E-state index in [4.69, 9.17) is 4.74 Å². The van der Waals surface area contributed by atoms with Gasteiger partial charge in [0.15, 0.2) is 0 Å². The molecule has 16 heavy (non-hydrogen) atoms. The Kier molecular flexibility index (Phi) is 4.32. The normalized spacial score (nSPS) is 13.2. The summed E-state index contributed by atoms with van der Waals surface area (Å²) in [5.74, 6) is 0.621. The number of aliphatic hydroxyl groups is 1. The molecule has 1 heterocycles. The van der Waals surface area contributed by atoms with Gasteiger partial charge in [0, 0.05) is 19.6 Å². The molecule has 0 aliphatic carbocycles. The number of nitrogens with one attached hydrogen (secondary N) is 1. The highest BCUT2D eigenvalue weighted by Gasteiger charge is 2.21. The van der Waals surface area contributed by atoms with Crippen LogP contribution in [0.3, 0.4) is 0 Å². The predicted octanol–water partition coefficient (Wildman–Crippen LogP) is 0.769. The van der Waals surface area contributed by atoms with Crippen molar-refractivity contribution in [2.24, 2.45) is 7.05 Å². The number of aryl methyl sites for hydroxylation is 2. The molecule has 5 nitrogen and oxygen atoms in total. The molecule has 5 heteroatoms. The van der Waals surface area contributed by atoms with Crippen molar-refractivity contribution in [3.05, 3.63) is 11.3 Å². The van der Waals surface area contributed by atoms with Gasteiger partial charge >= 0.3 is 0 Å². The number of nitrogens with zero attached hydrogens (tertiary/aromatic N) is 2. The van der Waals surface area contributed by atoms with Crippen LogP contribution in [0.4, 0.5) is 0 Å². The van der Waals surface area contributed by atoms with Gasteiger partial charge in [-0.25, -0.2) is 4.68 Å². The third-order valence-corrected chi connectivity index (χ3v) is 2.46. The highest BCUT2D eigenvalue weighted by molar-refractivity contribution is 5.33. The molecule has 1 atom stereocenters. The lowest BCUT2D eigenvalue weighted by atomic mass is 10.1. The summed E-state index contributed by atoms with van der Waals surface area (Å²) in [4.78, 5) is 0. The molecule has 0 radical (unpaired) electrons. The minimum absolute atomic E-state index is 0.345. The van der Waals surface area contributed by atoms with E-state index in [1.807, 2.05) is 20.8 Å². The van der Waals surface area contributed by atoms with E-state index in [1.54, 1.807) is 18.8 Å². The van der Waals surface area contributed by atoms with Crippen LogP contribution in [0, 0.1) is 6.92 Å². The van der Waals surface area contributed by atoms with Gasteiger partial charge in [0.05, 0.1) is 24.5 Å². The van der Waals surface area contributed by atoms with Crippen LogP contribution in [-0.4, -0.2) is 34.6 Å². The number of hydrogen-bond donors (Lipinski definition) is 2. The van der Waals surface area contributed by atoms with E-state index in [0.29, 0.717) is 18.5 Å². The second-order valence-electron chi connectivity index (χ2n) is 4.21. The summed E-state index contributed by atoms with van der Waals surface area (Å²) in [5.41, 5.74) is 1.57. The van der Waals surface area contributed by atoms with Gasteiger partial charge in [-0.3, -0.25) is 0 Å². The Morgan fingerprint density at radius 2 is 2.12 bits per heavy atom. The quantitative estimate of drug-likeness (QED) is 0.780. The van der Waals surface area contributed by atoms with Crippen molar-refractivity contribution >= 4 is 0 Å². The number of aliphatic hydroxyl groups excluding tert-OH is 1. The van der Waals surface area contributed by atoms with Crippen LogP contribution >= 0.6 is 0 Å². The summed E-state index contributed by atoms with van der Waals surface area (Å²) >= 11 is 0. The van der Waals surface area contributed by atoms with Crippen molar-refractivity contribution in [3.8, 4) is 5.88 Å². The number of rotatable bonds is 5. The number of methoxy groups -OCH3 is 1. The van der Waals surface area contributed by atoms with Crippen LogP contribution in [0.5, 0.6) is 5.88 Å². The maximum Gasteiger partial charge on any atom is 0.217 e. The third-order valence-electron chi connectivity index (χ3n) is 2.46. The van der Waals surface area contributed by atoms with Crippen LogP contribution in [0.2, 0.25) is 0 Å². The first-order valence-electron chi connectivity index (χ1n) is 5.46. The smallest absolute Gasteiger partial charge is 0.217 e. The molecule has 92 valence electrons. The Labute approximate surface area is 96.4 Å². The summed E-state index contributed by atoms with van der Waals surface area (Å²) in [5, 5.41) is 17.5. The van der Waals surface area contributed by atoms with Crippen LogP contribution in [0.25, 0.3) is 0 Å². The molecule has 0 saturated heterocycles. The van der Waals surface area contributed by atoms with Crippen molar-refractivity contribution in [1.29, 1.82) is 0 Å². The van der Waals surface area contributed by atoms with E-state index in [9.17, 15) is 5.11 Å². The SMILES string of the molecule is COc1c(C(O)CNC(C)C)c(C)nn1C. The van der Waals surface area contributed by atoms with E-state index < -0.39 is 6.10 Å². The van der Waals surface area contributed by atoms with Crippen LogP contribution in [0.1, 0.15) is 31.2 Å². The Morgan fingerprint density at radius 1 is 1.50 bits per heavy atom. The third kappa shape index (κ3) is 2.74. The molecule has 0 aliphatic heterocycles. The van der Waals surface area contributed by atoms with Crippen LogP contribution in [0.15, 0.2) is 0 Å². The second kappa shape index (κ2) is 5.32. The van der Waals surface area contributed by atoms with Gasteiger partial charge in [0.2, 0.25) is 5.88 Å². The predicted molar refractivity (Wildman–Crippen MR) is 62.6 cm³/mol. The molecule has 2 N–H and O–H groups in total. The minimum atomic E-state index is -0.592.